The first-order valence-corrected chi connectivity index (χ1v) is 12.5. The van der Waals surface area contributed by atoms with Gasteiger partial charge in [0, 0.05) is 43.1 Å². The number of nitrogens with zero attached hydrogens (tertiary/aromatic N) is 1. The number of ether oxygens (including phenoxy) is 2. The Hall–Kier alpha value is -3.26. The molecule has 2 aliphatic rings. The van der Waals surface area contributed by atoms with Crippen molar-refractivity contribution in [2.45, 2.75) is 64.1 Å². The molecule has 9 heteroatoms. The fourth-order valence-electron chi connectivity index (χ4n) is 5.01. The average molecular weight is 514 g/mol. The van der Waals surface area contributed by atoms with Gasteiger partial charge in [0.05, 0.1) is 12.1 Å². The molecule has 2 N–H and O–H groups in total. The molecular weight excluding hydrogens is 482 g/mol. The minimum Gasteiger partial charge on any atom is -0.444 e. The van der Waals surface area contributed by atoms with Gasteiger partial charge in [0.25, 0.3) is 0 Å². The Morgan fingerprint density at radius 3 is 2.67 bits per heavy atom. The van der Waals surface area contributed by atoms with Crippen molar-refractivity contribution in [2.24, 2.45) is 0 Å². The van der Waals surface area contributed by atoms with Gasteiger partial charge in [-0.1, -0.05) is 23.7 Å². The van der Waals surface area contributed by atoms with Crippen molar-refractivity contribution in [3.63, 3.8) is 0 Å². The summed E-state index contributed by atoms with van der Waals surface area (Å²) in [6.45, 7) is 7.43. The first-order chi connectivity index (χ1) is 17.0. The number of hydrogen-bond donors (Lipinski definition) is 2. The smallest absolute Gasteiger partial charge is 0.407 e. The molecule has 36 heavy (non-hydrogen) atoms. The number of likely N-dealkylation sites (tertiary alicyclic amines) is 1. The fraction of sp³-hybridized carbons (Fsp3) is 0.444. The van der Waals surface area contributed by atoms with E-state index in [4.69, 9.17) is 21.1 Å². The lowest BCUT2D eigenvalue weighted by Gasteiger charge is -2.43. The van der Waals surface area contributed by atoms with Crippen molar-refractivity contribution < 1.29 is 23.9 Å². The Morgan fingerprint density at radius 2 is 1.94 bits per heavy atom. The summed E-state index contributed by atoms with van der Waals surface area (Å²) in [4.78, 5) is 38.8. The molecule has 0 radical (unpaired) electrons. The van der Waals surface area contributed by atoms with Gasteiger partial charge in [0.2, 0.25) is 5.91 Å². The molecule has 2 aromatic carbocycles. The maximum atomic E-state index is 13.4. The third kappa shape index (κ3) is 5.93. The average Bonchev–Trinajstić information content (AvgIpc) is 3.14. The van der Waals surface area contributed by atoms with Crippen LogP contribution in [0, 0.1) is 0 Å². The topological polar surface area (TPSA) is 97.0 Å². The molecule has 0 aliphatic carbocycles. The molecule has 2 aromatic rings. The van der Waals surface area contributed by atoms with Gasteiger partial charge in [0.1, 0.15) is 11.4 Å². The van der Waals surface area contributed by atoms with Crippen LogP contribution in [0.3, 0.4) is 0 Å². The van der Waals surface area contributed by atoms with Gasteiger partial charge in [-0.15, -0.1) is 0 Å². The van der Waals surface area contributed by atoms with Gasteiger partial charge in [0.15, 0.2) is 0 Å². The van der Waals surface area contributed by atoms with E-state index in [0.717, 1.165) is 23.2 Å². The molecule has 0 spiro atoms. The van der Waals surface area contributed by atoms with Gasteiger partial charge in [-0.05, 0) is 68.7 Å². The van der Waals surface area contributed by atoms with Crippen LogP contribution in [0.2, 0.25) is 5.02 Å². The highest BCUT2D eigenvalue weighted by Crippen LogP contribution is 2.49. The third-order valence-electron chi connectivity index (χ3n) is 6.31. The molecule has 2 aliphatic heterocycles. The van der Waals surface area contributed by atoms with Gasteiger partial charge >= 0.3 is 12.1 Å². The molecule has 1 fully saturated rings. The number of amides is 2. The number of carbonyl (C=O) groups excluding carboxylic acids is 3. The number of nitrogens with one attached hydrogen (secondary N) is 2. The highest BCUT2D eigenvalue weighted by atomic mass is 35.5. The van der Waals surface area contributed by atoms with Crippen LogP contribution < -0.4 is 15.4 Å². The lowest BCUT2D eigenvalue weighted by molar-refractivity contribution is -0.135. The summed E-state index contributed by atoms with van der Waals surface area (Å²) < 4.78 is 10.6. The largest absolute Gasteiger partial charge is 0.444 e. The zero-order chi connectivity index (χ0) is 26.0. The summed E-state index contributed by atoms with van der Waals surface area (Å²) in [6, 6.07) is 12.7. The maximum absolute atomic E-state index is 13.4. The Balaban J connectivity index is 1.57. The molecule has 0 aromatic heterocycles. The Labute approximate surface area is 216 Å². The van der Waals surface area contributed by atoms with Crippen molar-refractivity contribution in [2.75, 3.05) is 18.4 Å². The number of halogens is 1. The highest BCUT2D eigenvalue weighted by molar-refractivity contribution is 6.30. The fourth-order valence-corrected chi connectivity index (χ4v) is 5.20. The van der Waals surface area contributed by atoms with Gasteiger partial charge in [-0.2, -0.15) is 0 Å². The number of benzene rings is 2. The van der Waals surface area contributed by atoms with E-state index in [1.54, 1.807) is 26.8 Å². The number of hydrogen-bond acceptors (Lipinski definition) is 6. The van der Waals surface area contributed by atoms with Crippen LogP contribution in [0.1, 0.15) is 63.6 Å². The molecule has 3 atom stereocenters. The number of anilines is 1. The second-order valence-electron chi connectivity index (χ2n) is 10.2. The Bertz CT molecular complexity index is 1160. The van der Waals surface area contributed by atoms with Crippen LogP contribution in [0.5, 0.6) is 5.75 Å². The molecule has 192 valence electrons. The lowest BCUT2D eigenvalue weighted by Crippen LogP contribution is -2.49. The van der Waals surface area contributed by atoms with E-state index >= 15 is 0 Å². The van der Waals surface area contributed by atoms with Crippen molar-refractivity contribution in [1.29, 1.82) is 0 Å². The molecule has 3 unspecified atom stereocenters. The summed E-state index contributed by atoms with van der Waals surface area (Å²) in [7, 11) is 0. The first kappa shape index (κ1) is 25.8. The van der Waals surface area contributed by atoms with Crippen molar-refractivity contribution >= 4 is 35.3 Å². The quantitative estimate of drug-likeness (QED) is 0.430. The summed E-state index contributed by atoms with van der Waals surface area (Å²) in [5, 5.41) is 6.95. The van der Waals surface area contributed by atoms with Crippen LogP contribution >= 0.6 is 11.6 Å². The van der Waals surface area contributed by atoms with Crippen LogP contribution in [0.15, 0.2) is 42.5 Å². The summed E-state index contributed by atoms with van der Waals surface area (Å²) in [5.41, 5.74) is 2.41. The van der Waals surface area contributed by atoms with E-state index < -0.39 is 17.7 Å². The SMILES string of the molecule is CC(=O)Oc1cccc(C2C3Nc4ccc(Cl)cc4C3CCN2C(=O)CCNC(=O)OC(C)(C)C)c1. The molecule has 2 amide bonds. The van der Waals surface area contributed by atoms with Crippen molar-refractivity contribution in [3.05, 3.63) is 58.6 Å². The summed E-state index contributed by atoms with van der Waals surface area (Å²) >= 11 is 6.29. The monoisotopic (exact) mass is 513 g/mol. The van der Waals surface area contributed by atoms with Crippen LogP contribution in [0.25, 0.3) is 0 Å². The first-order valence-electron chi connectivity index (χ1n) is 12.1. The van der Waals surface area contributed by atoms with E-state index in [1.165, 1.54) is 6.92 Å². The summed E-state index contributed by atoms with van der Waals surface area (Å²) in [6.07, 6.45) is 0.357. The highest BCUT2D eigenvalue weighted by Gasteiger charge is 2.45. The number of carbonyl (C=O) groups is 3. The second-order valence-corrected chi connectivity index (χ2v) is 10.6. The van der Waals surface area contributed by atoms with E-state index in [2.05, 4.69) is 10.6 Å². The zero-order valence-corrected chi connectivity index (χ0v) is 21.7. The number of rotatable bonds is 5. The van der Waals surface area contributed by atoms with Crippen LogP contribution in [-0.4, -0.2) is 47.6 Å². The van der Waals surface area contributed by atoms with E-state index in [1.807, 2.05) is 41.3 Å². The second kappa shape index (κ2) is 10.4. The maximum Gasteiger partial charge on any atom is 0.407 e. The minimum absolute atomic E-state index is 0.0804. The van der Waals surface area contributed by atoms with Gasteiger partial charge in [-0.25, -0.2) is 4.79 Å². The third-order valence-corrected chi connectivity index (χ3v) is 6.55. The minimum atomic E-state index is -0.611. The normalized spacial score (nSPS) is 20.6. The van der Waals surface area contributed by atoms with E-state index in [0.29, 0.717) is 17.3 Å². The van der Waals surface area contributed by atoms with Gasteiger partial charge < -0.3 is 25.0 Å². The van der Waals surface area contributed by atoms with Crippen molar-refractivity contribution in [1.82, 2.24) is 10.2 Å². The Kier molecular flexibility index (Phi) is 7.45. The van der Waals surface area contributed by atoms with E-state index in [-0.39, 0.29) is 36.9 Å². The molecule has 0 bridgehead atoms. The predicted molar refractivity (Wildman–Crippen MR) is 137 cm³/mol. The standard InChI is InChI=1S/C27H32ClN3O5/c1-16(32)35-19-7-5-6-17(14-19)25-24-20(21-15-18(28)8-9-22(21)30-24)11-13-31(25)23(33)10-12-29-26(34)36-27(2,3)4/h5-9,14-15,20,24-25,30H,10-13H2,1-4H3,(H,29,34). The molecule has 4 rings (SSSR count). The number of alkyl carbamates (subject to hydrolysis) is 1. The summed E-state index contributed by atoms with van der Waals surface area (Å²) in [5.74, 6) is 0.115. The zero-order valence-electron chi connectivity index (χ0n) is 21.0. The Morgan fingerprint density at radius 1 is 1.17 bits per heavy atom. The van der Waals surface area contributed by atoms with Crippen LogP contribution in [-0.2, 0) is 14.3 Å². The van der Waals surface area contributed by atoms with Crippen molar-refractivity contribution in [3.8, 4) is 5.75 Å². The number of piperidine rings is 1. The predicted octanol–water partition coefficient (Wildman–Crippen LogP) is 5.03. The lowest BCUT2D eigenvalue weighted by atomic mass is 9.80. The molecule has 2 heterocycles. The van der Waals surface area contributed by atoms with Gasteiger partial charge in [-0.3, -0.25) is 9.59 Å². The number of esters is 1. The molecule has 0 saturated carbocycles. The molecule has 8 nitrogen and oxygen atoms in total. The van der Waals surface area contributed by atoms with E-state index in [9.17, 15) is 14.4 Å². The number of fused-ring (bicyclic) bond motifs is 3. The molecule has 1 saturated heterocycles. The molecular formula is C27H32ClN3O5. The van der Waals surface area contributed by atoms with Crippen LogP contribution in [0.4, 0.5) is 10.5 Å².